The van der Waals surface area contributed by atoms with Gasteiger partial charge in [0.1, 0.15) is 12.1 Å². The van der Waals surface area contributed by atoms with Crippen molar-refractivity contribution < 1.29 is 22.5 Å². The van der Waals surface area contributed by atoms with Crippen molar-refractivity contribution in [3.8, 4) is 0 Å². The minimum Gasteiger partial charge on any atom is -0.460 e. The molecule has 0 saturated heterocycles. The van der Waals surface area contributed by atoms with Gasteiger partial charge in [0, 0.05) is 30.3 Å². The Kier molecular flexibility index (Phi) is 13.8. The highest BCUT2D eigenvalue weighted by Crippen LogP contribution is 2.47. The van der Waals surface area contributed by atoms with E-state index in [-0.39, 0.29) is 45.8 Å². The van der Waals surface area contributed by atoms with Gasteiger partial charge in [0.15, 0.2) is 22.4 Å². The second-order valence-electron chi connectivity index (χ2n) is 19.1. The van der Waals surface area contributed by atoms with E-state index < -0.39 is 25.0 Å². The van der Waals surface area contributed by atoms with Gasteiger partial charge in [-0.05, 0) is 84.3 Å². The molecule has 8 nitrogen and oxygen atoms in total. The highest BCUT2D eigenvalue weighted by atomic mass is 28.4. The summed E-state index contributed by atoms with van der Waals surface area (Å²) in [4.78, 5) is 22.9. The maximum Gasteiger partial charge on any atom is 0.233 e. The number of carbonyl (C=O) groups excluding carboxylic acids is 1. The summed E-state index contributed by atoms with van der Waals surface area (Å²) in [6.45, 7) is 43.5. The van der Waals surface area contributed by atoms with Crippen LogP contribution in [0.15, 0.2) is 41.4 Å². The smallest absolute Gasteiger partial charge is 0.233 e. The van der Waals surface area contributed by atoms with Gasteiger partial charge in [-0.25, -0.2) is 9.97 Å². The predicted octanol–water partition coefficient (Wildman–Crippen LogP) is 11.7. The van der Waals surface area contributed by atoms with Crippen LogP contribution in [0.1, 0.15) is 131 Å². The Morgan fingerprint density at radius 3 is 2.04 bits per heavy atom. The molecular weight excluding hydrogens is 687 g/mol. The number of rotatable bonds is 16. The maximum absolute atomic E-state index is 14.0. The standard InChI is InChI=1S/C40H71N3O5Si3/c1-26(2)37(48-50(17,18)40(12,13)14)31-20-35(45-23-31)36(44)33-22-41-25-42-38(33)43-32-19-30(24-46-49(15,16)39(9,10)11)34(21-32)47-51(27(3)4,28(5)6)29(7)8/h20,22-23,25,27-30,32,34,37H,1,19,21,24H2,2-18H3,(H,41,42,43)/t30-,32-,34+,37?/m1/s1. The summed E-state index contributed by atoms with van der Waals surface area (Å²) in [5.41, 5.74) is 3.47. The van der Waals surface area contributed by atoms with Crippen molar-refractivity contribution >= 4 is 36.6 Å². The molecule has 0 aromatic carbocycles. The lowest BCUT2D eigenvalue weighted by atomic mass is 10.1. The molecule has 1 unspecified atom stereocenters. The Morgan fingerprint density at radius 1 is 0.961 bits per heavy atom. The first-order valence-electron chi connectivity index (χ1n) is 19.1. The highest BCUT2D eigenvalue weighted by molar-refractivity contribution is 6.77. The molecular formula is C40H71N3O5Si3. The number of ketones is 1. The molecule has 2 aromatic rings. The quantitative estimate of drug-likeness (QED) is 0.103. The molecule has 2 aromatic heterocycles. The number of aromatic nitrogens is 2. The number of furan rings is 1. The normalized spacial score (nSPS) is 20.0. The molecule has 2 heterocycles. The van der Waals surface area contributed by atoms with Crippen molar-refractivity contribution in [2.24, 2.45) is 5.92 Å². The van der Waals surface area contributed by atoms with Crippen LogP contribution in [0.4, 0.5) is 5.82 Å². The van der Waals surface area contributed by atoms with Crippen LogP contribution in [-0.4, -0.2) is 59.5 Å². The maximum atomic E-state index is 14.0. The molecule has 288 valence electrons. The lowest BCUT2D eigenvalue weighted by molar-refractivity contribution is 0.0971. The SMILES string of the molecule is C=C(C)C(O[Si](C)(C)C(C)(C)C)c1coc(C(=O)c2cncnc2N[C@@H]2C[C@H](CO[Si](C)(C)C(C)(C)C)[C@@H](O[Si](C(C)C)(C(C)C)C(C)C)C2)c1. The molecule has 51 heavy (non-hydrogen) atoms. The Morgan fingerprint density at radius 2 is 1.53 bits per heavy atom. The summed E-state index contributed by atoms with van der Waals surface area (Å²) in [6.07, 6.45) is 6.08. The van der Waals surface area contributed by atoms with Gasteiger partial charge in [-0.2, -0.15) is 0 Å². The minimum absolute atomic E-state index is 0.0211. The van der Waals surface area contributed by atoms with Gasteiger partial charge in [-0.1, -0.05) is 89.7 Å². The Balaban J connectivity index is 1.91. The third-order valence-electron chi connectivity index (χ3n) is 12.3. The van der Waals surface area contributed by atoms with Crippen LogP contribution in [0, 0.1) is 5.92 Å². The van der Waals surface area contributed by atoms with Crippen molar-refractivity contribution in [1.29, 1.82) is 0 Å². The summed E-state index contributed by atoms with van der Waals surface area (Å²) in [7, 11) is -6.26. The van der Waals surface area contributed by atoms with Crippen LogP contribution in [0.3, 0.4) is 0 Å². The van der Waals surface area contributed by atoms with Gasteiger partial charge >= 0.3 is 0 Å². The Hall–Kier alpha value is -1.90. The summed E-state index contributed by atoms with van der Waals surface area (Å²) >= 11 is 0. The third-order valence-corrected chi connectivity index (χ3v) is 27.3. The summed E-state index contributed by atoms with van der Waals surface area (Å²) < 4.78 is 27.0. The number of nitrogens with zero attached hydrogens (tertiary/aromatic N) is 2. The fraction of sp³-hybridized carbons (Fsp3) is 0.725. The van der Waals surface area contributed by atoms with Crippen molar-refractivity contribution in [2.75, 3.05) is 11.9 Å². The number of hydrogen-bond donors (Lipinski definition) is 1. The van der Waals surface area contributed by atoms with Crippen LogP contribution >= 0.6 is 0 Å². The number of hydrogen-bond acceptors (Lipinski definition) is 8. The Bertz CT molecular complexity index is 1470. The van der Waals surface area contributed by atoms with E-state index >= 15 is 0 Å². The van der Waals surface area contributed by atoms with E-state index in [0.717, 1.165) is 24.0 Å². The monoisotopic (exact) mass is 757 g/mol. The summed E-state index contributed by atoms with van der Waals surface area (Å²) in [5, 5.41) is 3.80. The van der Waals surface area contributed by atoms with Crippen LogP contribution in [0.25, 0.3) is 0 Å². The van der Waals surface area contributed by atoms with Gasteiger partial charge in [0.2, 0.25) is 14.1 Å². The fourth-order valence-electron chi connectivity index (χ4n) is 7.20. The van der Waals surface area contributed by atoms with Gasteiger partial charge < -0.3 is 23.0 Å². The van der Waals surface area contributed by atoms with E-state index in [2.05, 4.69) is 131 Å². The van der Waals surface area contributed by atoms with E-state index in [9.17, 15) is 4.79 Å². The summed E-state index contributed by atoms with van der Waals surface area (Å²) in [6, 6.07) is 1.84. The summed E-state index contributed by atoms with van der Waals surface area (Å²) in [5.74, 6) is 0.694. The molecule has 4 atom stereocenters. The Labute approximate surface area is 313 Å². The lowest BCUT2D eigenvalue weighted by Gasteiger charge is -2.45. The topological polar surface area (TPSA) is 95.7 Å². The van der Waals surface area contributed by atoms with E-state index in [1.54, 1.807) is 18.5 Å². The number of anilines is 1. The largest absolute Gasteiger partial charge is 0.460 e. The predicted molar refractivity (Wildman–Crippen MR) is 219 cm³/mol. The van der Waals surface area contributed by atoms with E-state index in [0.29, 0.717) is 34.6 Å². The molecule has 0 aliphatic heterocycles. The van der Waals surface area contributed by atoms with Crippen LogP contribution in [0.2, 0.25) is 52.9 Å². The first-order valence-corrected chi connectivity index (χ1v) is 27.1. The lowest BCUT2D eigenvalue weighted by Crippen LogP contribution is -2.51. The first-order chi connectivity index (χ1) is 23.2. The van der Waals surface area contributed by atoms with Gasteiger partial charge in [-0.3, -0.25) is 4.79 Å². The molecule has 0 bridgehead atoms. The van der Waals surface area contributed by atoms with Gasteiger partial charge in [-0.15, -0.1) is 0 Å². The average molecular weight is 758 g/mol. The highest BCUT2D eigenvalue weighted by Gasteiger charge is 2.50. The molecule has 1 N–H and O–H groups in total. The molecule has 11 heteroatoms. The molecule has 0 spiro atoms. The zero-order valence-corrected chi connectivity index (χ0v) is 38.1. The van der Waals surface area contributed by atoms with Crippen LogP contribution < -0.4 is 5.32 Å². The average Bonchev–Trinajstić information content (AvgIpc) is 3.63. The second kappa shape index (κ2) is 16.2. The number of nitrogens with one attached hydrogen (secondary N) is 1. The van der Waals surface area contributed by atoms with Crippen LogP contribution in [-0.2, 0) is 13.3 Å². The van der Waals surface area contributed by atoms with E-state index in [4.69, 9.17) is 17.7 Å². The molecule has 1 aliphatic rings. The molecule has 0 radical (unpaired) electrons. The van der Waals surface area contributed by atoms with Crippen LogP contribution in [0.5, 0.6) is 0 Å². The molecule has 3 rings (SSSR count). The van der Waals surface area contributed by atoms with Crippen molar-refractivity contribution in [3.63, 3.8) is 0 Å². The van der Waals surface area contributed by atoms with Gasteiger partial charge in [0.05, 0.1) is 24.0 Å². The molecule has 1 saturated carbocycles. The van der Waals surface area contributed by atoms with Crippen molar-refractivity contribution in [3.05, 3.63) is 53.9 Å². The van der Waals surface area contributed by atoms with E-state index in [1.807, 2.05) is 6.92 Å². The zero-order chi connectivity index (χ0) is 38.9. The molecule has 1 aliphatic carbocycles. The second-order valence-corrected chi connectivity index (χ2v) is 34.1. The molecule has 0 amide bonds. The minimum atomic E-state index is -2.16. The zero-order valence-electron chi connectivity index (χ0n) is 35.1. The fourth-order valence-corrected chi connectivity index (χ4v) is 15.2. The van der Waals surface area contributed by atoms with Crippen molar-refractivity contribution in [2.45, 2.75) is 174 Å². The van der Waals surface area contributed by atoms with E-state index in [1.165, 1.54) is 6.33 Å². The third kappa shape index (κ3) is 9.81. The van der Waals surface area contributed by atoms with Gasteiger partial charge in [0.25, 0.3) is 0 Å². The van der Waals surface area contributed by atoms with Crippen molar-refractivity contribution in [1.82, 2.24) is 9.97 Å². The number of carbonyl (C=O) groups is 1. The molecule has 1 fully saturated rings. The first kappa shape index (κ1) is 43.5.